The first-order valence-corrected chi connectivity index (χ1v) is 12.5. The quantitative estimate of drug-likeness (QED) is 0.513. The third-order valence-corrected chi connectivity index (χ3v) is 7.15. The predicted molar refractivity (Wildman–Crippen MR) is 133 cm³/mol. The zero-order chi connectivity index (χ0) is 24.9. The van der Waals surface area contributed by atoms with E-state index in [0.29, 0.717) is 40.9 Å². The summed E-state index contributed by atoms with van der Waals surface area (Å²) in [5, 5.41) is 5.60. The Balaban J connectivity index is 1.69. The van der Waals surface area contributed by atoms with E-state index in [-0.39, 0.29) is 18.4 Å². The Hall–Kier alpha value is -2.98. The Morgan fingerprint density at radius 1 is 1.26 bits per heavy atom. The summed E-state index contributed by atoms with van der Waals surface area (Å²) >= 11 is 1.44. The van der Waals surface area contributed by atoms with Crippen LogP contribution in [0.2, 0.25) is 0 Å². The number of methoxy groups -OCH3 is 3. The number of benzene rings is 1. The van der Waals surface area contributed by atoms with Gasteiger partial charge < -0.3 is 29.2 Å². The molecule has 1 aromatic carbocycles. The molecule has 2 atom stereocenters. The summed E-state index contributed by atoms with van der Waals surface area (Å²) in [6.07, 6.45) is 2.73. The average molecular weight is 502 g/mol. The van der Waals surface area contributed by atoms with Crippen molar-refractivity contribution in [1.29, 1.82) is 0 Å². The van der Waals surface area contributed by atoms with Crippen molar-refractivity contribution in [3.05, 3.63) is 46.1 Å². The lowest BCUT2D eigenvalue weighted by atomic mass is 9.92. The first-order valence-electron chi connectivity index (χ1n) is 11.7. The minimum absolute atomic E-state index is 0.0651. The monoisotopic (exact) mass is 501 g/mol. The second kappa shape index (κ2) is 11.2. The van der Waals surface area contributed by atoms with E-state index in [1.807, 2.05) is 29.4 Å². The summed E-state index contributed by atoms with van der Waals surface area (Å²) in [6, 6.07) is 4.91. The number of ether oxygens (including phenoxy) is 4. The van der Waals surface area contributed by atoms with Gasteiger partial charge in [0.2, 0.25) is 5.91 Å². The van der Waals surface area contributed by atoms with E-state index in [4.69, 9.17) is 23.9 Å². The van der Waals surface area contributed by atoms with Crippen molar-refractivity contribution in [2.45, 2.75) is 44.8 Å². The fourth-order valence-corrected chi connectivity index (χ4v) is 5.45. The number of hydrogen-bond acceptors (Lipinski definition) is 9. The van der Waals surface area contributed by atoms with Gasteiger partial charge in [-0.3, -0.25) is 4.79 Å². The Morgan fingerprint density at radius 3 is 2.74 bits per heavy atom. The summed E-state index contributed by atoms with van der Waals surface area (Å²) in [4.78, 5) is 32.6. The molecule has 35 heavy (non-hydrogen) atoms. The highest BCUT2D eigenvalue weighted by atomic mass is 32.2. The number of nitrogens with one attached hydrogen (secondary N) is 1. The van der Waals surface area contributed by atoms with E-state index >= 15 is 0 Å². The lowest BCUT2D eigenvalue weighted by Gasteiger charge is -2.37. The minimum atomic E-state index is -0.571. The Bertz CT molecular complexity index is 1080. The normalized spacial score (nSPS) is 21.3. The highest BCUT2D eigenvalue weighted by molar-refractivity contribution is 8.16. The Morgan fingerprint density at radius 2 is 2.09 bits per heavy atom. The fourth-order valence-electron chi connectivity index (χ4n) is 4.51. The number of carbonyl (C=O) groups is 2. The van der Waals surface area contributed by atoms with Crippen molar-refractivity contribution < 1.29 is 28.5 Å². The second-order valence-electron chi connectivity index (χ2n) is 8.32. The number of nitrogens with zero attached hydrogens (tertiary/aromatic N) is 2. The van der Waals surface area contributed by atoms with Crippen LogP contribution in [0.3, 0.4) is 0 Å². The van der Waals surface area contributed by atoms with Gasteiger partial charge in [-0.15, -0.1) is 0 Å². The third-order valence-electron chi connectivity index (χ3n) is 6.26. The van der Waals surface area contributed by atoms with Crippen LogP contribution in [0.5, 0.6) is 11.5 Å². The van der Waals surface area contributed by atoms with Crippen LogP contribution >= 0.6 is 11.8 Å². The number of fused-ring (bicyclic) bond motifs is 1. The number of amidine groups is 1. The highest BCUT2D eigenvalue weighted by Crippen LogP contribution is 2.48. The molecule has 0 spiro atoms. The molecule has 1 aromatic rings. The summed E-state index contributed by atoms with van der Waals surface area (Å²) in [5.41, 5.74) is 2.57. The van der Waals surface area contributed by atoms with Crippen LogP contribution in [0.15, 0.2) is 45.6 Å². The van der Waals surface area contributed by atoms with Crippen molar-refractivity contribution in [2.75, 3.05) is 34.5 Å². The smallest absolute Gasteiger partial charge is 0.338 e. The van der Waals surface area contributed by atoms with Gasteiger partial charge in [-0.05, 0) is 36.8 Å². The van der Waals surface area contributed by atoms with E-state index in [1.54, 1.807) is 20.3 Å². The molecular weight excluding hydrogens is 470 g/mol. The lowest BCUT2D eigenvalue weighted by Crippen LogP contribution is -2.39. The number of allylic oxidation sites excluding steroid dienone is 1. The molecule has 0 aliphatic carbocycles. The molecule has 1 saturated heterocycles. The standard InChI is InChI=1S/C25H31N3O6S/c1-5-19-22(24(30)33-4)23(18-9-8-16(31-2)12-20(18)32-3)28-15(14-35-25(28)27-19)11-21(29)26-13-17-7-6-10-34-17/h8-9,12,14,17,23H,5-7,10-11,13H2,1-4H3,(H,26,29). The molecule has 2 unspecified atom stereocenters. The number of thioether (sulfide) groups is 1. The highest BCUT2D eigenvalue weighted by Gasteiger charge is 2.42. The number of hydrogen-bond donors (Lipinski definition) is 1. The lowest BCUT2D eigenvalue weighted by molar-refractivity contribution is -0.136. The van der Waals surface area contributed by atoms with Gasteiger partial charge in [-0.25, -0.2) is 9.79 Å². The van der Waals surface area contributed by atoms with Gasteiger partial charge in [0.1, 0.15) is 11.5 Å². The van der Waals surface area contributed by atoms with Gasteiger partial charge in [0.05, 0.1) is 51.2 Å². The minimum Gasteiger partial charge on any atom is -0.497 e. The molecule has 0 saturated carbocycles. The van der Waals surface area contributed by atoms with Crippen molar-refractivity contribution in [3.8, 4) is 11.5 Å². The zero-order valence-corrected chi connectivity index (χ0v) is 21.3. The molecule has 0 aromatic heterocycles. The fraction of sp³-hybridized carbons (Fsp3) is 0.480. The molecular formula is C25H31N3O6S. The van der Waals surface area contributed by atoms with Crippen LogP contribution < -0.4 is 14.8 Å². The van der Waals surface area contributed by atoms with Gasteiger partial charge in [0.25, 0.3) is 0 Å². The molecule has 0 radical (unpaired) electrons. The topological polar surface area (TPSA) is 98.7 Å². The van der Waals surface area contributed by atoms with Crippen molar-refractivity contribution in [3.63, 3.8) is 0 Å². The Labute approximate surface area is 209 Å². The molecule has 9 nitrogen and oxygen atoms in total. The predicted octanol–water partition coefficient (Wildman–Crippen LogP) is 3.53. The summed E-state index contributed by atoms with van der Waals surface area (Å²) < 4.78 is 21.8. The van der Waals surface area contributed by atoms with E-state index in [9.17, 15) is 9.59 Å². The molecule has 1 fully saturated rings. The van der Waals surface area contributed by atoms with E-state index in [2.05, 4.69) is 5.32 Å². The number of amides is 1. The molecule has 1 N–H and O–H groups in total. The number of rotatable bonds is 9. The molecule has 3 heterocycles. The van der Waals surface area contributed by atoms with Gasteiger partial charge in [-0.2, -0.15) is 0 Å². The first-order chi connectivity index (χ1) is 17.0. The van der Waals surface area contributed by atoms with E-state index in [1.165, 1.54) is 18.9 Å². The summed E-state index contributed by atoms with van der Waals surface area (Å²) in [5.74, 6) is 0.617. The second-order valence-corrected chi connectivity index (χ2v) is 9.16. The van der Waals surface area contributed by atoms with Gasteiger partial charge in [0, 0.05) is 30.5 Å². The molecule has 3 aliphatic heterocycles. The molecule has 188 valence electrons. The maximum Gasteiger partial charge on any atom is 0.338 e. The van der Waals surface area contributed by atoms with Crippen LogP contribution in [-0.2, 0) is 19.1 Å². The van der Waals surface area contributed by atoms with E-state index in [0.717, 1.165) is 30.7 Å². The third kappa shape index (κ3) is 5.18. The maximum atomic E-state index is 13.0. The Kier molecular flexibility index (Phi) is 8.02. The molecule has 10 heteroatoms. The van der Waals surface area contributed by atoms with Crippen molar-refractivity contribution in [1.82, 2.24) is 10.2 Å². The van der Waals surface area contributed by atoms with Crippen LogP contribution in [-0.4, -0.2) is 62.5 Å². The van der Waals surface area contributed by atoms with Gasteiger partial charge in [0.15, 0.2) is 5.17 Å². The summed E-state index contributed by atoms with van der Waals surface area (Å²) in [7, 11) is 4.52. The van der Waals surface area contributed by atoms with Crippen LogP contribution in [0, 0.1) is 0 Å². The van der Waals surface area contributed by atoms with E-state index < -0.39 is 12.0 Å². The van der Waals surface area contributed by atoms with Crippen LogP contribution in [0.25, 0.3) is 0 Å². The molecule has 3 aliphatic rings. The van der Waals surface area contributed by atoms with Crippen LogP contribution in [0.4, 0.5) is 0 Å². The first kappa shape index (κ1) is 25.1. The van der Waals surface area contributed by atoms with Crippen LogP contribution in [0.1, 0.15) is 44.2 Å². The van der Waals surface area contributed by atoms with Gasteiger partial charge in [-0.1, -0.05) is 18.7 Å². The summed E-state index contributed by atoms with van der Waals surface area (Å²) in [6.45, 7) is 3.18. The zero-order valence-electron chi connectivity index (χ0n) is 20.5. The SMILES string of the molecule is CCC1=C(C(=O)OC)C(c2ccc(OC)cc2OC)N2C(CC(=O)NCC3CCCO3)=CSC2=N1. The van der Waals surface area contributed by atoms with Gasteiger partial charge >= 0.3 is 5.97 Å². The van der Waals surface area contributed by atoms with Crippen molar-refractivity contribution >= 4 is 28.8 Å². The molecule has 4 rings (SSSR count). The number of aliphatic imine (C=N–C) groups is 1. The maximum absolute atomic E-state index is 13.0. The number of carbonyl (C=O) groups excluding carboxylic acids is 2. The molecule has 1 amide bonds. The number of esters is 1. The largest absolute Gasteiger partial charge is 0.497 e. The average Bonchev–Trinajstić information content (AvgIpc) is 3.55. The van der Waals surface area contributed by atoms with Crippen molar-refractivity contribution in [2.24, 2.45) is 4.99 Å². The molecule has 0 bridgehead atoms.